The van der Waals surface area contributed by atoms with Crippen LogP contribution in [0.2, 0.25) is 0 Å². The lowest BCUT2D eigenvalue weighted by Crippen LogP contribution is -2.50. The molecule has 0 radical (unpaired) electrons. The van der Waals surface area contributed by atoms with Crippen LogP contribution in [-0.4, -0.2) is 54.5 Å². The molecule has 13 heteroatoms. The second-order valence-corrected chi connectivity index (χ2v) is 14.6. The molecular formula is C36H35N5O7S. The van der Waals surface area contributed by atoms with E-state index in [1.54, 1.807) is 55.8 Å². The number of aromatic nitrogens is 3. The predicted molar refractivity (Wildman–Crippen MR) is 181 cm³/mol. The lowest BCUT2D eigenvalue weighted by atomic mass is 9.97. The number of sulfone groups is 1. The minimum Gasteiger partial charge on any atom is -0.481 e. The van der Waals surface area contributed by atoms with E-state index in [4.69, 9.17) is 13.9 Å². The maximum atomic E-state index is 14.3. The second kappa shape index (κ2) is 13.5. The number of benzene rings is 3. The highest BCUT2D eigenvalue weighted by molar-refractivity contribution is 7.91. The number of pyridine rings is 1. The number of hydrogen-bond donors (Lipinski definition) is 1. The molecule has 5 aromatic rings. The number of methoxy groups -OCH3 is 1. The van der Waals surface area contributed by atoms with E-state index in [1.807, 2.05) is 57.2 Å². The molecule has 49 heavy (non-hydrogen) atoms. The van der Waals surface area contributed by atoms with Crippen molar-refractivity contribution in [2.75, 3.05) is 17.8 Å². The summed E-state index contributed by atoms with van der Waals surface area (Å²) in [7, 11) is -2.53. The third-order valence-electron chi connectivity index (χ3n) is 7.93. The lowest BCUT2D eigenvalue weighted by molar-refractivity contribution is -0.120. The van der Waals surface area contributed by atoms with Crippen molar-refractivity contribution in [3.63, 3.8) is 0 Å². The van der Waals surface area contributed by atoms with Gasteiger partial charge in [-0.2, -0.15) is 0 Å². The largest absolute Gasteiger partial charge is 0.481 e. The van der Waals surface area contributed by atoms with E-state index in [-0.39, 0.29) is 29.6 Å². The normalized spacial score (nSPS) is 15.6. The summed E-state index contributed by atoms with van der Waals surface area (Å²) in [5.41, 5.74) is 3.36. The van der Waals surface area contributed by atoms with Crippen molar-refractivity contribution in [1.29, 1.82) is 0 Å². The highest BCUT2D eigenvalue weighted by Crippen LogP contribution is 2.36. The summed E-state index contributed by atoms with van der Waals surface area (Å²) in [5, 5.41) is 10.8. The molecule has 1 aliphatic heterocycles. The topological polar surface area (TPSA) is 154 Å². The van der Waals surface area contributed by atoms with Gasteiger partial charge in [-0.1, -0.05) is 75.4 Å². The number of alkyl carbamates (subject to hydrolysis) is 1. The van der Waals surface area contributed by atoms with Gasteiger partial charge in [-0.3, -0.25) is 4.79 Å². The SMILES string of the molecule is COc1ccc(-c2ccc(CN3C(=O)[C@@H](NC(=O)OCc4ccccc4)CS(=O)(=O)c4ccc(-c5nnc(C(C)(C)C)o5)cc43)cc2)cn1. The summed E-state index contributed by atoms with van der Waals surface area (Å²) < 4.78 is 44.0. The first kappa shape index (κ1) is 33.3. The maximum Gasteiger partial charge on any atom is 0.408 e. The van der Waals surface area contributed by atoms with Crippen molar-refractivity contribution in [3.05, 3.63) is 108 Å². The monoisotopic (exact) mass is 681 g/mol. The van der Waals surface area contributed by atoms with Crippen LogP contribution in [0.3, 0.4) is 0 Å². The zero-order valence-electron chi connectivity index (χ0n) is 27.4. The fraction of sp³-hybridized carbons (Fsp3) is 0.250. The molecule has 0 unspecified atom stereocenters. The molecular weight excluding hydrogens is 646 g/mol. The Morgan fingerprint density at radius 2 is 1.65 bits per heavy atom. The molecule has 3 heterocycles. The molecule has 1 aliphatic rings. The smallest absolute Gasteiger partial charge is 0.408 e. The molecule has 0 aliphatic carbocycles. The van der Waals surface area contributed by atoms with Gasteiger partial charge in [0.25, 0.3) is 5.91 Å². The van der Waals surface area contributed by atoms with E-state index in [9.17, 15) is 18.0 Å². The Morgan fingerprint density at radius 1 is 0.939 bits per heavy atom. The number of rotatable bonds is 8. The standard InChI is InChI=1S/C36H35N5O7S/c1-36(2,3)34-40-39-32(48-34)26-14-16-30-29(18-26)41(20-23-10-12-25(13-11-23)27-15-17-31(46-4)37-19-27)33(42)28(22-49(30,44)45)38-35(43)47-21-24-8-6-5-7-9-24/h5-19,28H,20-22H2,1-4H3,(H,38,43)/t28-/m0/s1. The van der Waals surface area contributed by atoms with Crippen LogP contribution < -0.4 is 15.0 Å². The van der Waals surface area contributed by atoms with Gasteiger partial charge in [-0.15, -0.1) is 10.2 Å². The van der Waals surface area contributed by atoms with E-state index < -0.39 is 39.0 Å². The first-order valence-corrected chi connectivity index (χ1v) is 17.2. The second-order valence-electron chi connectivity index (χ2n) is 12.6. The van der Waals surface area contributed by atoms with Gasteiger partial charge in [0.05, 0.1) is 30.0 Å². The van der Waals surface area contributed by atoms with Crippen LogP contribution >= 0.6 is 0 Å². The summed E-state index contributed by atoms with van der Waals surface area (Å²) in [5.74, 6) is -0.203. The number of nitrogens with one attached hydrogen (secondary N) is 1. The number of fused-ring (bicyclic) bond motifs is 1. The summed E-state index contributed by atoms with van der Waals surface area (Å²) in [6.45, 7) is 5.75. The molecule has 3 aromatic carbocycles. The Kier molecular flexibility index (Phi) is 9.20. The van der Waals surface area contributed by atoms with Crippen LogP contribution in [0.5, 0.6) is 5.88 Å². The molecule has 6 rings (SSSR count). The molecule has 1 atom stereocenters. The number of amides is 2. The van der Waals surface area contributed by atoms with Crippen LogP contribution in [0.4, 0.5) is 10.5 Å². The summed E-state index contributed by atoms with van der Waals surface area (Å²) in [4.78, 5) is 32.7. The molecule has 0 spiro atoms. The average molecular weight is 682 g/mol. The molecule has 0 saturated heterocycles. The van der Waals surface area contributed by atoms with Crippen LogP contribution in [0.1, 0.15) is 37.8 Å². The number of hydrogen-bond acceptors (Lipinski definition) is 10. The van der Waals surface area contributed by atoms with Gasteiger partial charge in [0.1, 0.15) is 12.6 Å². The van der Waals surface area contributed by atoms with Crippen molar-refractivity contribution >= 4 is 27.5 Å². The Labute approximate surface area is 284 Å². The molecule has 0 fully saturated rings. The zero-order valence-corrected chi connectivity index (χ0v) is 28.2. The van der Waals surface area contributed by atoms with Gasteiger partial charge < -0.3 is 24.1 Å². The van der Waals surface area contributed by atoms with E-state index in [2.05, 4.69) is 20.5 Å². The number of ether oxygens (including phenoxy) is 2. The van der Waals surface area contributed by atoms with Gasteiger partial charge in [-0.25, -0.2) is 18.2 Å². The van der Waals surface area contributed by atoms with Crippen LogP contribution in [0, 0.1) is 0 Å². The van der Waals surface area contributed by atoms with Crippen LogP contribution in [0.15, 0.2) is 100 Å². The molecule has 0 bridgehead atoms. The molecule has 252 valence electrons. The highest BCUT2D eigenvalue weighted by atomic mass is 32.2. The number of anilines is 1. The lowest BCUT2D eigenvalue weighted by Gasteiger charge is -2.26. The Bertz CT molecular complexity index is 2080. The van der Waals surface area contributed by atoms with Gasteiger partial charge in [0.2, 0.25) is 17.7 Å². The Morgan fingerprint density at radius 3 is 2.31 bits per heavy atom. The molecule has 1 N–H and O–H groups in total. The fourth-order valence-corrected chi connectivity index (χ4v) is 6.89. The quantitative estimate of drug-likeness (QED) is 0.215. The van der Waals surface area contributed by atoms with Crippen molar-refractivity contribution in [2.45, 2.75) is 50.3 Å². The number of carbonyl (C=O) groups is 2. The average Bonchev–Trinajstić information content (AvgIpc) is 3.59. The van der Waals surface area contributed by atoms with Crippen molar-refractivity contribution in [2.24, 2.45) is 0 Å². The maximum absolute atomic E-state index is 14.3. The van der Waals surface area contributed by atoms with Gasteiger partial charge in [0.15, 0.2) is 9.84 Å². The van der Waals surface area contributed by atoms with E-state index >= 15 is 0 Å². The highest BCUT2D eigenvalue weighted by Gasteiger charge is 2.39. The predicted octanol–water partition coefficient (Wildman–Crippen LogP) is 5.72. The molecule has 2 amide bonds. The first-order chi connectivity index (χ1) is 23.4. The summed E-state index contributed by atoms with van der Waals surface area (Å²) >= 11 is 0. The van der Waals surface area contributed by atoms with Crippen LogP contribution in [0.25, 0.3) is 22.6 Å². The van der Waals surface area contributed by atoms with Crippen molar-refractivity contribution in [1.82, 2.24) is 20.5 Å². The number of nitrogens with zero attached hydrogens (tertiary/aromatic N) is 4. The van der Waals surface area contributed by atoms with Gasteiger partial charge in [0, 0.05) is 28.8 Å². The Balaban J connectivity index is 1.34. The third kappa shape index (κ3) is 7.46. The molecule has 12 nitrogen and oxygen atoms in total. The molecule has 0 saturated carbocycles. The molecule has 2 aromatic heterocycles. The fourth-order valence-electron chi connectivity index (χ4n) is 5.29. The third-order valence-corrected chi connectivity index (χ3v) is 9.71. The minimum absolute atomic E-state index is 0.000265. The van der Waals surface area contributed by atoms with Crippen molar-refractivity contribution < 1.29 is 31.9 Å². The van der Waals surface area contributed by atoms with E-state index in [1.165, 1.54) is 11.0 Å². The first-order valence-electron chi connectivity index (χ1n) is 15.5. The zero-order chi connectivity index (χ0) is 34.8. The van der Waals surface area contributed by atoms with Gasteiger partial charge in [-0.05, 0) is 41.0 Å². The van der Waals surface area contributed by atoms with Crippen LogP contribution in [-0.2, 0) is 37.9 Å². The van der Waals surface area contributed by atoms with E-state index in [0.717, 1.165) is 16.7 Å². The van der Waals surface area contributed by atoms with Crippen molar-refractivity contribution in [3.8, 4) is 28.5 Å². The summed E-state index contributed by atoms with van der Waals surface area (Å²) in [6, 6.07) is 23.3. The van der Waals surface area contributed by atoms with Gasteiger partial charge >= 0.3 is 6.09 Å². The minimum atomic E-state index is -4.08. The Hall–Kier alpha value is -5.56. The summed E-state index contributed by atoms with van der Waals surface area (Å²) in [6.07, 6.45) is 0.784. The van der Waals surface area contributed by atoms with E-state index in [0.29, 0.717) is 22.9 Å². The number of carbonyl (C=O) groups excluding carboxylic acids is 2.